The second-order valence-electron chi connectivity index (χ2n) is 6.10. The number of ether oxygens (including phenoxy) is 2. The Morgan fingerprint density at radius 3 is 2.70 bits per heavy atom. The van der Waals surface area contributed by atoms with E-state index in [1.807, 2.05) is 30.3 Å². The number of hydrogen-bond donors (Lipinski definition) is 1. The Hall–Kier alpha value is -2.27. The lowest BCUT2D eigenvalue weighted by atomic mass is 10.1. The number of amides is 1. The van der Waals surface area contributed by atoms with E-state index in [2.05, 4.69) is 34.7 Å². The molecule has 4 nitrogen and oxygen atoms in total. The number of para-hydroxylation sites is 2. The van der Waals surface area contributed by atoms with Crippen LogP contribution in [0, 0.1) is 0 Å². The zero-order chi connectivity index (χ0) is 19.5. The molecule has 144 valence electrons. The van der Waals surface area contributed by atoms with Gasteiger partial charge in [-0.25, -0.2) is 0 Å². The van der Waals surface area contributed by atoms with Gasteiger partial charge in [-0.05, 0) is 36.8 Å². The summed E-state index contributed by atoms with van der Waals surface area (Å²) in [5.74, 6) is 0.939. The molecule has 2 aromatic carbocycles. The van der Waals surface area contributed by atoms with Crippen molar-refractivity contribution in [2.45, 2.75) is 32.6 Å². The van der Waals surface area contributed by atoms with Crippen LogP contribution in [0.15, 0.2) is 59.6 Å². The number of rotatable bonds is 11. The van der Waals surface area contributed by atoms with Crippen LogP contribution in [-0.4, -0.2) is 19.1 Å². The average Bonchev–Trinajstić information content (AvgIpc) is 2.68. The number of nitrogens with one attached hydrogen (secondary N) is 1. The van der Waals surface area contributed by atoms with Crippen molar-refractivity contribution in [3.63, 3.8) is 0 Å². The second-order valence-corrected chi connectivity index (χ2v) is 7.02. The third-order valence-electron chi connectivity index (χ3n) is 3.93. The van der Waals surface area contributed by atoms with E-state index in [9.17, 15) is 4.79 Å². The van der Waals surface area contributed by atoms with Crippen molar-refractivity contribution in [1.29, 1.82) is 0 Å². The van der Waals surface area contributed by atoms with Gasteiger partial charge >= 0.3 is 0 Å². The zero-order valence-corrected chi connectivity index (χ0v) is 17.3. The Bertz CT molecular complexity index is 761. The van der Waals surface area contributed by atoms with Crippen LogP contribution < -0.4 is 14.8 Å². The van der Waals surface area contributed by atoms with Gasteiger partial charge in [0.05, 0.1) is 17.9 Å². The lowest BCUT2D eigenvalue weighted by Gasteiger charge is -2.14. The van der Waals surface area contributed by atoms with E-state index >= 15 is 0 Å². The van der Waals surface area contributed by atoms with Gasteiger partial charge in [0.15, 0.2) is 0 Å². The highest BCUT2D eigenvalue weighted by molar-refractivity contribution is 9.10. The number of anilines is 1. The molecular weight excluding hydrogens is 406 g/mol. The molecule has 1 amide bonds. The molecule has 0 aromatic heterocycles. The lowest BCUT2D eigenvalue weighted by Crippen LogP contribution is -2.15. The van der Waals surface area contributed by atoms with Gasteiger partial charge in [0.25, 0.3) is 5.91 Å². The molecule has 0 radical (unpaired) electrons. The topological polar surface area (TPSA) is 47.6 Å². The van der Waals surface area contributed by atoms with Gasteiger partial charge in [-0.15, -0.1) is 0 Å². The summed E-state index contributed by atoms with van der Waals surface area (Å²) in [6.45, 7) is 6.79. The molecule has 0 unspecified atom stereocenters. The summed E-state index contributed by atoms with van der Waals surface area (Å²) in [7, 11) is 0. The highest BCUT2D eigenvalue weighted by atomic mass is 79.9. The van der Waals surface area contributed by atoms with E-state index in [0.717, 1.165) is 17.3 Å². The van der Waals surface area contributed by atoms with Crippen LogP contribution in [0.3, 0.4) is 0 Å². The van der Waals surface area contributed by atoms with Gasteiger partial charge in [-0.2, -0.15) is 0 Å². The maximum Gasteiger partial charge on any atom is 0.259 e. The van der Waals surface area contributed by atoms with Crippen molar-refractivity contribution in [3.8, 4) is 11.5 Å². The summed E-state index contributed by atoms with van der Waals surface area (Å²) in [4.78, 5) is 12.9. The summed E-state index contributed by atoms with van der Waals surface area (Å²) >= 11 is 3.43. The van der Waals surface area contributed by atoms with Crippen molar-refractivity contribution in [1.82, 2.24) is 0 Å². The minimum Gasteiger partial charge on any atom is -0.493 e. The van der Waals surface area contributed by atoms with Gasteiger partial charge in [-0.1, -0.05) is 66.9 Å². The fourth-order valence-electron chi connectivity index (χ4n) is 2.55. The predicted octanol–water partition coefficient (Wildman–Crippen LogP) is 6.23. The maximum atomic E-state index is 12.9. The second kappa shape index (κ2) is 11.4. The Morgan fingerprint density at radius 2 is 1.93 bits per heavy atom. The van der Waals surface area contributed by atoms with Crippen LogP contribution in [0.1, 0.15) is 43.0 Å². The average molecular weight is 432 g/mol. The predicted molar refractivity (Wildman–Crippen MR) is 114 cm³/mol. The van der Waals surface area contributed by atoms with Crippen molar-refractivity contribution in [2.75, 3.05) is 18.5 Å². The number of hydrogen-bond acceptors (Lipinski definition) is 3. The number of halogens is 1. The lowest BCUT2D eigenvalue weighted by molar-refractivity contribution is 0.102. The van der Waals surface area contributed by atoms with E-state index in [1.165, 1.54) is 12.8 Å². The van der Waals surface area contributed by atoms with Crippen molar-refractivity contribution in [3.05, 3.63) is 65.2 Å². The molecule has 0 fully saturated rings. The molecule has 0 heterocycles. The van der Waals surface area contributed by atoms with E-state index in [0.29, 0.717) is 36.0 Å². The molecule has 0 aliphatic rings. The molecule has 1 N–H and O–H groups in total. The zero-order valence-electron chi connectivity index (χ0n) is 15.7. The molecule has 5 heteroatoms. The van der Waals surface area contributed by atoms with Crippen LogP contribution in [0.25, 0.3) is 0 Å². The summed E-state index contributed by atoms with van der Waals surface area (Å²) in [5, 5.41) is 2.91. The highest BCUT2D eigenvalue weighted by Crippen LogP contribution is 2.28. The molecule has 2 aromatic rings. The van der Waals surface area contributed by atoms with Crippen molar-refractivity contribution < 1.29 is 14.3 Å². The van der Waals surface area contributed by atoms with Crippen LogP contribution in [0.4, 0.5) is 5.69 Å². The van der Waals surface area contributed by atoms with E-state index in [4.69, 9.17) is 9.47 Å². The third kappa shape index (κ3) is 6.75. The number of unbranched alkanes of at least 4 members (excludes halogenated alkanes) is 3. The Kier molecular flexibility index (Phi) is 8.92. The number of carbonyl (C=O) groups excluding carboxylic acids is 1. The highest BCUT2D eigenvalue weighted by Gasteiger charge is 2.15. The van der Waals surface area contributed by atoms with Gasteiger partial charge in [-0.3, -0.25) is 4.79 Å². The normalized spacial score (nSPS) is 10.3. The van der Waals surface area contributed by atoms with Gasteiger partial charge < -0.3 is 14.8 Å². The van der Waals surface area contributed by atoms with E-state index in [1.54, 1.807) is 18.2 Å². The molecule has 0 saturated carbocycles. The first-order valence-corrected chi connectivity index (χ1v) is 10.0. The van der Waals surface area contributed by atoms with Crippen LogP contribution >= 0.6 is 15.9 Å². The van der Waals surface area contributed by atoms with Gasteiger partial charge in [0.2, 0.25) is 0 Å². The molecule has 0 spiro atoms. The molecular formula is C22H26BrNO3. The molecule has 0 aliphatic carbocycles. The minimum atomic E-state index is -0.241. The maximum absolute atomic E-state index is 12.9. The molecule has 0 bridgehead atoms. The smallest absolute Gasteiger partial charge is 0.259 e. The third-order valence-corrected chi connectivity index (χ3v) is 4.43. The van der Waals surface area contributed by atoms with Crippen LogP contribution in [-0.2, 0) is 0 Å². The van der Waals surface area contributed by atoms with E-state index < -0.39 is 0 Å². The Labute approximate surface area is 169 Å². The summed E-state index contributed by atoms with van der Waals surface area (Å²) in [6.07, 6.45) is 6.14. The van der Waals surface area contributed by atoms with Crippen molar-refractivity contribution >= 4 is 27.5 Å². The Morgan fingerprint density at radius 1 is 1.11 bits per heavy atom. The minimum absolute atomic E-state index is 0.241. The quantitative estimate of drug-likeness (QED) is 0.339. The Balaban J connectivity index is 2.11. The molecule has 0 saturated heterocycles. The van der Waals surface area contributed by atoms with Gasteiger partial charge in [0, 0.05) is 4.47 Å². The summed E-state index contributed by atoms with van der Waals surface area (Å²) in [6, 6.07) is 12.8. The first-order chi connectivity index (χ1) is 13.2. The molecule has 2 rings (SSSR count). The van der Waals surface area contributed by atoms with Crippen LogP contribution in [0.5, 0.6) is 11.5 Å². The largest absolute Gasteiger partial charge is 0.493 e. The fraction of sp³-hybridized carbons (Fsp3) is 0.318. The summed E-state index contributed by atoms with van der Waals surface area (Å²) < 4.78 is 12.3. The first-order valence-electron chi connectivity index (χ1n) is 9.22. The fourth-order valence-corrected chi connectivity index (χ4v) is 2.91. The first kappa shape index (κ1) is 21.0. The number of benzene rings is 2. The standard InChI is InChI=1S/C22H26BrNO3/c1-3-5-6-9-15-27-20-13-12-17(23)16-18(20)22(25)24-19-10-7-8-11-21(19)26-14-4-2/h4,7-8,10-13,16H,2-3,5-6,9,14-15H2,1H3,(H,24,25). The molecule has 0 atom stereocenters. The number of carbonyl (C=O) groups is 1. The monoisotopic (exact) mass is 431 g/mol. The van der Waals surface area contributed by atoms with E-state index in [-0.39, 0.29) is 5.91 Å². The molecule has 27 heavy (non-hydrogen) atoms. The summed E-state index contributed by atoms with van der Waals surface area (Å²) in [5.41, 5.74) is 1.09. The van der Waals surface area contributed by atoms with Crippen LogP contribution in [0.2, 0.25) is 0 Å². The van der Waals surface area contributed by atoms with Gasteiger partial charge in [0.1, 0.15) is 18.1 Å². The van der Waals surface area contributed by atoms with Crippen molar-refractivity contribution in [2.24, 2.45) is 0 Å². The SMILES string of the molecule is C=CCOc1ccccc1NC(=O)c1cc(Br)ccc1OCCCCCC. The molecule has 0 aliphatic heterocycles.